The first kappa shape index (κ1) is 16.9. The van der Waals surface area contributed by atoms with Crippen molar-refractivity contribution < 1.29 is 9.18 Å². The van der Waals surface area contributed by atoms with Crippen LogP contribution in [0.15, 0.2) is 67.3 Å². The maximum absolute atomic E-state index is 14.2. The van der Waals surface area contributed by atoms with E-state index in [1.165, 1.54) is 18.5 Å². The van der Waals surface area contributed by atoms with Crippen LogP contribution in [0.1, 0.15) is 11.1 Å². The normalized spacial score (nSPS) is 11.0. The van der Waals surface area contributed by atoms with Crippen LogP contribution in [0.2, 0.25) is 5.02 Å². The van der Waals surface area contributed by atoms with E-state index < -0.39 is 0 Å². The number of amides is 1. The zero-order valence-corrected chi connectivity index (χ0v) is 13.9. The smallest absolute Gasteiger partial charge is 0.244 e. The second kappa shape index (κ2) is 7.77. The van der Waals surface area contributed by atoms with Gasteiger partial charge < -0.3 is 9.88 Å². The van der Waals surface area contributed by atoms with Crippen molar-refractivity contribution >= 4 is 23.6 Å². The molecule has 1 N–H and O–H groups in total. The number of halogens is 2. The van der Waals surface area contributed by atoms with Crippen LogP contribution >= 0.6 is 11.6 Å². The molecule has 4 nitrogen and oxygen atoms in total. The predicted molar refractivity (Wildman–Crippen MR) is 95.9 cm³/mol. The van der Waals surface area contributed by atoms with E-state index >= 15 is 0 Å². The molecule has 0 unspecified atom stereocenters. The van der Waals surface area contributed by atoms with E-state index in [-0.39, 0.29) is 18.3 Å². The molecule has 1 amide bonds. The molecular weight excluding hydrogens is 341 g/mol. The Hall–Kier alpha value is -2.92. The molecule has 0 aliphatic heterocycles. The van der Waals surface area contributed by atoms with Crippen molar-refractivity contribution in [1.82, 2.24) is 14.9 Å². The molecule has 0 aliphatic rings. The van der Waals surface area contributed by atoms with Gasteiger partial charge in [0.05, 0.1) is 12.0 Å². The zero-order valence-electron chi connectivity index (χ0n) is 13.2. The van der Waals surface area contributed by atoms with Gasteiger partial charge in [-0.2, -0.15) is 0 Å². The van der Waals surface area contributed by atoms with Gasteiger partial charge in [0.15, 0.2) is 0 Å². The first-order valence-corrected chi connectivity index (χ1v) is 7.98. The molecule has 0 spiro atoms. The minimum absolute atomic E-state index is 0.241. The van der Waals surface area contributed by atoms with E-state index in [2.05, 4.69) is 10.3 Å². The van der Waals surface area contributed by atoms with E-state index in [1.54, 1.807) is 47.3 Å². The van der Waals surface area contributed by atoms with Crippen molar-refractivity contribution in [1.29, 1.82) is 0 Å². The van der Waals surface area contributed by atoms with Crippen LogP contribution in [0, 0.1) is 5.82 Å². The third-order valence-electron chi connectivity index (χ3n) is 3.56. The Morgan fingerprint density at radius 1 is 1.24 bits per heavy atom. The summed E-state index contributed by atoms with van der Waals surface area (Å²) in [6.45, 7) is 0.241. The Bertz CT molecular complexity index is 890. The second-order valence-corrected chi connectivity index (χ2v) is 5.79. The number of carbonyl (C=O) groups excluding carboxylic acids is 1. The average Bonchev–Trinajstić information content (AvgIpc) is 3.14. The Balaban J connectivity index is 1.58. The SMILES string of the molecule is O=C(/C=C/c1ccc(Cl)cc1)NCc1ccc(-n2ccnc2)c(F)c1. The van der Waals surface area contributed by atoms with Crippen LogP contribution in [0.4, 0.5) is 4.39 Å². The number of hydrogen-bond donors (Lipinski definition) is 1. The fourth-order valence-electron chi connectivity index (χ4n) is 2.27. The average molecular weight is 356 g/mol. The molecule has 0 fully saturated rings. The van der Waals surface area contributed by atoms with Gasteiger partial charge in [0, 0.05) is 30.0 Å². The maximum atomic E-state index is 14.2. The monoisotopic (exact) mass is 355 g/mol. The summed E-state index contributed by atoms with van der Waals surface area (Å²) in [6.07, 6.45) is 7.90. The van der Waals surface area contributed by atoms with E-state index in [0.717, 1.165) is 5.56 Å². The van der Waals surface area contributed by atoms with Gasteiger partial charge in [-0.05, 0) is 41.5 Å². The number of benzene rings is 2. The molecule has 1 aromatic heterocycles. The molecule has 2 aromatic carbocycles. The topological polar surface area (TPSA) is 46.9 Å². The highest BCUT2D eigenvalue weighted by Crippen LogP contribution is 2.15. The molecule has 0 bridgehead atoms. The van der Waals surface area contributed by atoms with Crippen molar-refractivity contribution in [2.75, 3.05) is 0 Å². The summed E-state index contributed by atoms with van der Waals surface area (Å²) in [6, 6.07) is 12.0. The summed E-state index contributed by atoms with van der Waals surface area (Å²) in [5.74, 6) is -0.629. The van der Waals surface area contributed by atoms with Gasteiger partial charge in [0.1, 0.15) is 5.82 Å². The lowest BCUT2D eigenvalue weighted by atomic mass is 10.2. The summed E-state index contributed by atoms with van der Waals surface area (Å²) in [4.78, 5) is 15.8. The van der Waals surface area contributed by atoms with Crippen LogP contribution in [0.5, 0.6) is 0 Å². The molecule has 3 aromatic rings. The first-order chi connectivity index (χ1) is 12.1. The summed E-state index contributed by atoms with van der Waals surface area (Å²) in [5, 5.41) is 3.37. The van der Waals surface area contributed by atoms with Gasteiger partial charge in [-0.3, -0.25) is 4.79 Å². The van der Waals surface area contributed by atoms with Crippen LogP contribution in [-0.4, -0.2) is 15.5 Å². The fraction of sp³-hybridized carbons (Fsp3) is 0.0526. The highest BCUT2D eigenvalue weighted by atomic mass is 35.5. The van der Waals surface area contributed by atoms with E-state index in [4.69, 9.17) is 11.6 Å². The summed E-state index contributed by atoms with van der Waals surface area (Å²) >= 11 is 5.81. The van der Waals surface area contributed by atoms with Crippen LogP contribution < -0.4 is 5.32 Å². The highest BCUT2D eigenvalue weighted by Gasteiger charge is 2.06. The molecule has 0 saturated carbocycles. The Morgan fingerprint density at radius 2 is 2.04 bits per heavy atom. The predicted octanol–water partition coefficient (Wildman–Crippen LogP) is 3.99. The van der Waals surface area contributed by atoms with Crippen molar-refractivity contribution in [3.63, 3.8) is 0 Å². The lowest BCUT2D eigenvalue weighted by Crippen LogP contribution is -2.20. The van der Waals surface area contributed by atoms with Crippen LogP contribution in [0.3, 0.4) is 0 Å². The molecule has 6 heteroatoms. The Morgan fingerprint density at radius 3 is 2.72 bits per heavy atom. The molecule has 0 aliphatic carbocycles. The first-order valence-electron chi connectivity index (χ1n) is 7.60. The number of nitrogens with zero attached hydrogens (tertiary/aromatic N) is 2. The van der Waals surface area contributed by atoms with Gasteiger partial charge in [-0.25, -0.2) is 9.37 Å². The van der Waals surface area contributed by atoms with Gasteiger partial charge in [0.2, 0.25) is 5.91 Å². The number of nitrogens with one attached hydrogen (secondary N) is 1. The van der Waals surface area contributed by atoms with Gasteiger partial charge in [-0.15, -0.1) is 0 Å². The minimum Gasteiger partial charge on any atom is -0.348 e. The number of rotatable bonds is 5. The van der Waals surface area contributed by atoms with E-state index in [0.29, 0.717) is 16.3 Å². The third kappa shape index (κ3) is 4.55. The molecule has 3 rings (SSSR count). The second-order valence-electron chi connectivity index (χ2n) is 5.36. The number of aromatic nitrogens is 2. The van der Waals surface area contributed by atoms with Crippen LogP contribution in [0.25, 0.3) is 11.8 Å². The van der Waals surface area contributed by atoms with Crippen LogP contribution in [-0.2, 0) is 11.3 Å². The van der Waals surface area contributed by atoms with E-state index in [9.17, 15) is 9.18 Å². The zero-order chi connectivity index (χ0) is 17.6. The van der Waals surface area contributed by atoms with Crippen molar-refractivity contribution in [3.05, 3.63) is 89.2 Å². The van der Waals surface area contributed by atoms with E-state index in [1.807, 2.05) is 12.1 Å². The summed E-state index contributed by atoms with van der Waals surface area (Å²) < 4.78 is 15.7. The quantitative estimate of drug-likeness (QED) is 0.703. The molecule has 126 valence electrons. The molecule has 0 atom stereocenters. The highest BCUT2D eigenvalue weighted by molar-refractivity contribution is 6.30. The van der Waals surface area contributed by atoms with Crippen molar-refractivity contribution in [3.8, 4) is 5.69 Å². The molecule has 25 heavy (non-hydrogen) atoms. The third-order valence-corrected chi connectivity index (χ3v) is 3.81. The number of hydrogen-bond acceptors (Lipinski definition) is 2. The maximum Gasteiger partial charge on any atom is 0.244 e. The number of imidazole rings is 1. The lowest BCUT2D eigenvalue weighted by molar-refractivity contribution is -0.116. The standard InChI is InChI=1S/C19H15ClFN3O/c20-16-5-1-14(2-6-16)4-8-19(25)23-12-15-3-7-18(17(21)11-15)24-10-9-22-13-24/h1-11,13H,12H2,(H,23,25)/b8-4+. The Kier molecular flexibility index (Phi) is 5.26. The summed E-state index contributed by atoms with van der Waals surface area (Å²) in [5.41, 5.74) is 1.96. The van der Waals surface area contributed by atoms with Crippen molar-refractivity contribution in [2.45, 2.75) is 6.54 Å². The van der Waals surface area contributed by atoms with Gasteiger partial charge >= 0.3 is 0 Å². The number of carbonyl (C=O) groups is 1. The molecule has 0 saturated heterocycles. The van der Waals surface area contributed by atoms with Gasteiger partial charge in [0.25, 0.3) is 0 Å². The van der Waals surface area contributed by atoms with Crippen molar-refractivity contribution in [2.24, 2.45) is 0 Å². The largest absolute Gasteiger partial charge is 0.348 e. The molecule has 1 heterocycles. The summed E-state index contributed by atoms with van der Waals surface area (Å²) in [7, 11) is 0. The molecular formula is C19H15ClFN3O. The fourth-order valence-corrected chi connectivity index (χ4v) is 2.39. The lowest BCUT2D eigenvalue weighted by Gasteiger charge is -2.07. The minimum atomic E-state index is -0.374. The Labute approximate surface area is 149 Å². The van der Waals surface area contributed by atoms with Gasteiger partial charge in [-0.1, -0.05) is 29.8 Å². The molecule has 0 radical (unpaired) electrons.